The van der Waals surface area contributed by atoms with Crippen molar-refractivity contribution in [3.8, 4) is 11.5 Å². The number of hydrogen-bond acceptors (Lipinski definition) is 2. The number of rotatable bonds is 8. The first kappa shape index (κ1) is 20.8. The normalized spacial score (nSPS) is 12.3. The molecule has 0 saturated carbocycles. The van der Waals surface area contributed by atoms with Crippen molar-refractivity contribution < 1.29 is 10.2 Å². The standard InChI is InChI=1S/C23H33O2P/c1-5-6-17-26(18-7-16-23(2,3)4,21-12-8-19(24)9-13-21)22-14-10-20(25)11-15-22/h8-15H,5-7,16-18H2,1-4H3,(H-,24,25)/p+1. The second-order valence-electron chi connectivity index (χ2n) is 8.47. The third kappa shape index (κ3) is 5.48. The topological polar surface area (TPSA) is 40.5 Å². The lowest BCUT2D eigenvalue weighted by Crippen LogP contribution is -2.28. The van der Waals surface area contributed by atoms with Crippen LogP contribution in [-0.2, 0) is 0 Å². The lowest BCUT2D eigenvalue weighted by molar-refractivity contribution is 0.374. The van der Waals surface area contributed by atoms with E-state index in [2.05, 4.69) is 52.0 Å². The first-order valence-corrected chi connectivity index (χ1v) is 11.9. The smallest absolute Gasteiger partial charge is 0.115 e. The zero-order chi connectivity index (χ0) is 19.2. The van der Waals surface area contributed by atoms with E-state index in [4.69, 9.17) is 0 Å². The fraction of sp³-hybridized carbons (Fsp3) is 0.478. The molecule has 0 spiro atoms. The Bertz CT molecular complexity index is 623. The molecule has 26 heavy (non-hydrogen) atoms. The molecule has 3 heteroatoms. The van der Waals surface area contributed by atoms with E-state index in [-0.39, 0.29) is 0 Å². The minimum Gasteiger partial charge on any atom is -0.508 e. The van der Waals surface area contributed by atoms with E-state index in [1.807, 2.05) is 24.3 Å². The number of hydrogen-bond donors (Lipinski definition) is 2. The molecule has 0 heterocycles. The van der Waals surface area contributed by atoms with Crippen LogP contribution in [0.3, 0.4) is 0 Å². The van der Waals surface area contributed by atoms with Crippen LogP contribution in [0, 0.1) is 5.41 Å². The van der Waals surface area contributed by atoms with Gasteiger partial charge in [0.2, 0.25) is 0 Å². The summed E-state index contributed by atoms with van der Waals surface area (Å²) >= 11 is 0. The van der Waals surface area contributed by atoms with Crippen molar-refractivity contribution >= 4 is 17.9 Å². The lowest BCUT2D eigenvalue weighted by Gasteiger charge is -2.29. The van der Waals surface area contributed by atoms with Crippen LogP contribution in [0.1, 0.15) is 53.4 Å². The Morgan fingerprint density at radius 1 is 0.731 bits per heavy atom. The quantitative estimate of drug-likeness (QED) is 0.583. The van der Waals surface area contributed by atoms with Crippen molar-refractivity contribution in [2.75, 3.05) is 12.3 Å². The Kier molecular flexibility index (Phi) is 7.12. The van der Waals surface area contributed by atoms with Gasteiger partial charge in [-0.1, -0.05) is 34.1 Å². The molecule has 2 N–H and O–H groups in total. The van der Waals surface area contributed by atoms with E-state index in [0.717, 1.165) is 0 Å². The number of phenols is 2. The molecule has 2 aromatic carbocycles. The van der Waals surface area contributed by atoms with Crippen molar-refractivity contribution in [2.45, 2.75) is 53.4 Å². The van der Waals surface area contributed by atoms with E-state index < -0.39 is 7.26 Å². The van der Waals surface area contributed by atoms with Crippen LogP contribution in [0.15, 0.2) is 48.5 Å². The monoisotopic (exact) mass is 373 g/mol. The molecule has 0 fully saturated rings. The second-order valence-corrected chi connectivity index (χ2v) is 12.3. The van der Waals surface area contributed by atoms with Gasteiger partial charge < -0.3 is 10.2 Å². The largest absolute Gasteiger partial charge is 0.508 e. The Morgan fingerprint density at radius 3 is 1.54 bits per heavy atom. The maximum atomic E-state index is 9.77. The van der Waals surface area contributed by atoms with Crippen molar-refractivity contribution in [3.05, 3.63) is 48.5 Å². The molecule has 0 bridgehead atoms. The Balaban J connectivity index is 2.46. The average Bonchev–Trinajstić information content (AvgIpc) is 2.58. The minimum atomic E-state index is -1.57. The SMILES string of the molecule is CCCC[P+](CCCC(C)(C)C)(c1ccc(O)cc1)c1ccc(O)cc1. The highest BCUT2D eigenvalue weighted by atomic mass is 31.2. The molecule has 0 atom stereocenters. The maximum absolute atomic E-state index is 9.77. The summed E-state index contributed by atoms with van der Waals surface area (Å²) in [7, 11) is -1.57. The van der Waals surface area contributed by atoms with Crippen LogP contribution in [0.5, 0.6) is 11.5 Å². The zero-order valence-electron chi connectivity index (χ0n) is 16.7. The van der Waals surface area contributed by atoms with Crippen molar-refractivity contribution in [3.63, 3.8) is 0 Å². The Morgan fingerprint density at radius 2 is 1.15 bits per heavy atom. The molecule has 0 aliphatic carbocycles. The van der Waals surface area contributed by atoms with Crippen LogP contribution in [0.2, 0.25) is 0 Å². The number of aromatic hydroxyl groups is 2. The van der Waals surface area contributed by atoms with Gasteiger partial charge in [-0.25, -0.2) is 0 Å². The van der Waals surface area contributed by atoms with Crippen molar-refractivity contribution in [1.82, 2.24) is 0 Å². The molecule has 0 aromatic heterocycles. The highest BCUT2D eigenvalue weighted by Crippen LogP contribution is 2.58. The van der Waals surface area contributed by atoms with E-state index in [9.17, 15) is 10.2 Å². The maximum Gasteiger partial charge on any atom is 0.115 e. The zero-order valence-corrected chi connectivity index (χ0v) is 17.6. The first-order valence-electron chi connectivity index (χ1n) is 9.73. The summed E-state index contributed by atoms with van der Waals surface area (Å²) in [4.78, 5) is 0. The lowest BCUT2D eigenvalue weighted by atomic mass is 9.91. The van der Waals surface area contributed by atoms with Gasteiger partial charge in [-0.3, -0.25) is 0 Å². The van der Waals surface area contributed by atoms with Gasteiger partial charge in [0.15, 0.2) is 0 Å². The van der Waals surface area contributed by atoms with Crippen LogP contribution < -0.4 is 10.6 Å². The number of benzene rings is 2. The molecule has 2 aromatic rings. The van der Waals surface area contributed by atoms with Gasteiger partial charge in [0.05, 0.1) is 30.2 Å². The predicted octanol–water partition coefficient (Wildman–Crippen LogP) is 5.69. The molecular formula is C23H34O2P+. The van der Waals surface area contributed by atoms with E-state index in [0.29, 0.717) is 16.9 Å². The molecular weight excluding hydrogens is 339 g/mol. The average molecular weight is 373 g/mol. The van der Waals surface area contributed by atoms with Gasteiger partial charge in [-0.2, -0.15) is 0 Å². The van der Waals surface area contributed by atoms with E-state index in [1.165, 1.54) is 48.6 Å². The molecule has 0 aliphatic rings. The summed E-state index contributed by atoms with van der Waals surface area (Å²) in [5.41, 5.74) is 0.338. The van der Waals surface area contributed by atoms with Gasteiger partial charge in [-0.15, -0.1) is 0 Å². The predicted molar refractivity (Wildman–Crippen MR) is 116 cm³/mol. The molecule has 0 unspecified atom stereocenters. The van der Waals surface area contributed by atoms with Crippen LogP contribution in [0.25, 0.3) is 0 Å². The fourth-order valence-corrected chi connectivity index (χ4v) is 8.11. The number of phenolic OH excluding ortho intramolecular Hbond substituents is 2. The molecule has 0 aliphatic heterocycles. The van der Waals surface area contributed by atoms with E-state index >= 15 is 0 Å². The van der Waals surface area contributed by atoms with Crippen LogP contribution in [0.4, 0.5) is 0 Å². The second kappa shape index (κ2) is 8.91. The summed E-state index contributed by atoms with van der Waals surface area (Å²) < 4.78 is 0. The Hall–Kier alpha value is -1.53. The third-order valence-corrected chi connectivity index (χ3v) is 9.78. The summed E-state index contributed by atoms with van der Waals surface area (Å²) in [6, 6.07) is 15.7. The molecule has 142 valence electrons. The van der Waals surface area contributed by atoms with Gasteiger partial charge >= 0.3 is 0 Å². The molecule has 0 saturated heterocycles. The highest BCUT2D eigenvalue weighted by molar-refractivity contribution is 7.89. The third-order valence-electron chi connectivity index (χ3n) is 5.05. The van der Waals surface area contributed by atoms with Gasteiger partial charge in [-0.05, 0) is 73.2 Å². The van der Waals surface area contributed by atoms with Crippen molar-refractivity contribution in [2.24, 2.45) is 5.41 Å². The first-order chi connectivity index (χ1) is 12.3. The van der Waals surface area contributed by atoms with Gasteiger partial charge in [0, 0.05) is 0 Å². The van der Waals surface area contributed by atoms with Crippen molar-refractivity contribution in [1.29, 1.82) is 0 Å². The molecule has 2 nitrogen and oxygen atoms in total. The minimum absolute atomic E-state index is 0.322. The summed E-state index contributed by atoms with van der Waals surface area (Å²) in [6.07, 6.45) is 7.14. The molecule has 2 rings (SSSR count). The fourth-order valence-electron chi connectivity index (χ4n) is 3.56. The summed E-state index contributed by atoms with van der Waals surface area (Å²) in [5.74, 6) is 0.644. The number of unbranched alkanes of at least 4 members (excludes halogenated alkanes) is 1. The van der Waals surface area contributed by atoms with Crippen LogP contribution in [-0.4, -0.2) is 22.5 Å². The molecule has 0 radical (unpaired) electrons. The summed E-state index contributed by atoms with van der Waals surface area (Å²) in [5, 5.41) is 22.3. The highest BCUT2D eigenvalue weighted by Gasteiger charge is 2.41. The molecule has 0 amide bonds. The van der Waals surface area contributed by atoms with Gasteiger partial charge in [0.25, 0.3) is 0 Å². The van der Waals surface area contributed by atoms with Crippen LogP contribution >= 0.6 is 7.26 Å². The van der Waals surface area contributed by atoms with E-state index in [1.54, 1.807) is 0 Å². The Labute approximate surface area is 159 Å². The summed E-state index contributed by atoms with van der Waals surface area (Å²) in [6.45, 7) is 9.16. The van der Waals surface area contributed by atoms with Gasteiger partial charge in [0.1, 0.15) is 11.5 Å².